The molecule has 4 nitrogen and oxygen atoms in total. The predicted octanol–water partition coefficient (Wildman–Crippen LogP) is 3.99. The van der Waals surface area contributed by atoms with Crippen molar-refractivity contribution in [1.29, 1.82) is 0 Å². The van der Waals surface area contributed by atoms with Crippen LogP contribution < -0.4 is 10.6 Å². The van der Waals surface area contributed by atoms with E-state index in [4.69, 9.17) is 0 Å². The summed E-state index contributed by atoms with van der Waals surface area (Å²) >= 11 is 0. The molecule has 2 N–H and O–H groups in total. The maximum atomic E-state index is 12.5. The zero-order valence-corrected chi connectivity index (χ0v) is 14.2. The van der Waals surface area contributed by atoms with Gasteiger partial charge in [0.25, 0.3) is 5.91 Å². The molecule has 0 aromatic heterocycles. The van der Waals surface area contributed by atoms with Crippen LogP contribution in [-0.4, -0.2) is 11.8 Å². The van der Waals surface area contributed by atoms with Crippen LogP contribution in [0.1, 0.15) is 42.6 Å². The van der Waals surface area contributed by atoms with Crippen LogP contribution in [0.15, 0.2) is 54.6 Å². The highest BCUT2D eigenvalue weighted by atomic mass is 16.2. The van der Waals surface area contributed by atoms with Crippen molar-refractivity contribution in [1.82, 2.24) is 5.32 Å². The fourth-order valence-electron chi connectivity index (χ4n) is 2.56. The van der Waals surface area contributed by atoms with E-state index in [0.717, 1.165) is 18.4 Å². The van der Waals surface area contributed by atoms with E-state index in [9.17, 15) is 9.59 Å². The normalized spacial score (nSPS) is 10.5. The van der Waals surface area contributed by atoms with E-state index in [1.54, 1.807) is 18.2 Å². The van der Waals surface area contributed by atoms with Gasteiger partial charge in [0, 0.05) is 12.5 Å². The number of amides is 2. The first-order valence-corrected chi connectivity index (χ1v) is 8.37. The molecule has 4 heteroatoms. The summed E-state index contributed by atoms with van der Waals surface area (Å²) in [5.41, 5.74) is 2.07. The molecule has 0 saturated heterocycles. The second-order valence-corrected chi connectivity index (χ2v) is 5.72. The van der Waals surface area contributed by atoms with Gasteiger partial charge in [-0.2, -0.15) is 0 Å². The van der Waals surface area contributed by atoms with Gasteiger partial charge in [0.05, 0.1) is 11.3 Å². The summed E-state index contributed by atoms with van der Waals surface area (Å²) in [6.07, 6.45) is 1.56. The van der Waals surface area contributed by atoms with Crippen LogP contribution in [0.25, 0.3) is 0 Å². The summed E-state index contributed by atoms with van der Waals surface area (Å²) in [5, 5.41) is 5.79. The molecular formula is C20H24N2O2. The van der Waals surface area contributed by atoms with Gasteiger partial charge in [-0.15, -0.1) is 0 Å². The summed E-state index contributed by atoms with van der Waals surface area (Å²) in [5.74, 6) is -0.270. The maximum absolute atomic E-state index is 12.5. The van der Waals surface area contributed by atoms with E-state index in [1.165, 1.54) is 0 Å². The molecule has 0 aliphatic carbocycles. The van der Waals surface area contributed by atoms with Gasteiger partial charge >= 0.3 is 0 Å². The Kier molecular flexibility index (Phi) is 6.55. The Hall–Kier alpha value is -2.62. The Morgan fingerprint density at radius 3 is 2.21 bits per heavy atom. The molecule has 0 saturated carbocycles. The predicted molar refractivity (Wildman–Crippen MR) is 96.8 cm³/mol. The van der Waals surface area contributed by atoms with Crippen LogP contribution in [0.2, 0.25) is 0 Å². The molecular weight excluding hydrogens is 300 g/mol. The molecule has 0 fully saturated rings. The topological polar surface area (TPSA) is 58.2 Å². The molecule has 0 aliphatic heterocycles. The molecule has 2 aromatic carbocycles. The highest BCUT2D eigenvalue weighted by Gasteiger charge is 2.17. The summed E-state index contributed by atoms with van der Waals surface area (Å²) in [6, 6.07) is 16.8. The molecule has 2 aromatic rings. The quantitative estimate of drug-likeness (QED) is 0.809. The van der Waals surface area contributed by atoms with Crippen LogP contribution in [0, 0.1) is 5.92 Å². The fraction of sp³-hybridized carbons (Fsp3) is 0.300. The number of benzene rings is 2. The minimum atomic E-state index is -0.195. The molecule has 0 aliphatic rings. The number of hydrogen-bond acceptors (Lipinski definition) is 2. The van der Waals surface area contributed by atoms with Gasteiger partial charge in [-0.1, -0.05) is 56.3 Å². The molecule has 2 rings (SSSR count). The first kappa shape index (κ1) is 17.7. The third-order valence-corrected chi connectivity index (χ3v) is 4.08. The Bertz CT molecular complexity index is 679. The Morgan fingerprint density at radius 2 is 1.54 bits per heavy atom. The number of anilines is 1. The van der Waals surface area contributed by atoms with Crippen molar-refractivity contribution in [2.75, 3.05) is 5.32 Å². The van der Waals surface area contributed by atoms with Crippen molar-refractivity contribution in [3.8, 4) is 0 Å². The second-order valence-electron chi connectivity index (χ2n) is 5.72. The lowest BCUT2D eigenvalue weighted by Gasteiger charge is -2.15. The van der Waals surface area contributed by atoms with Gasteiger partial charge < -0.3 is 10.6 Å². The number of nitrogens with one attached hydrogen (secondary N) is 2. The molecule has 0 heterocycles. The SMILES string of the molecule is CCC(CC)C(=O)Nc1ccccc1C(=O)NCc1ccccc1. The zero-order chi connectivity index (χ0) is 17.4. The van der Waals surface area contributed by atoms with Crippen molar-refractivity contribution < 1.29 is 9.59 Å². The van der Waals surface area contributed by atoms with Crippen molar-refractivity contribution >= 4 is 17.5 Å². The maximum Gasteiger partial charge on any atom is 0.253 e. The van der Waals surface area contributed by atoms with Crippen LogP contribution in [0.5, 0.6) is 0 Å². The molecule has 0 radical (unpaired) electrons. The summed E-state index contributed by atoms with van der Waals surface area (Å²) < 4.78 is 0. The summed E-state index contributed by atoms with van der Waals surface area (Å²) in [7, 11) is 0. The zero-order valence-electron chi connectivity index (χ0n) is 14.2. The van der Waals surface area contributed by atoms with Crippen molar-refractivity contribution in [3.63, 3.8) is 0 Å². The van der Waals surface area contributed by atoms with Crippen molar-refractivity contribution in [2.45, 2.75) is 33.2 Å². The lowest BCUT2D eigenvalue weighted by Crippen LogP contribution is -2.26. The van der Waals surface area contributed by atoms with Crippen LogP contribution in [0.4, 0.5) is 5.69 Å². The summed E-state index contributed by atoms with van der Waals surface area (Å²) in [6.45, 7) is 4.44. The van der Waals surface area contributed by atoms with Gasteiger partial charge in [0.2, 0.25) is 5.91 Å². The number of para-hydroxylation sites is 1. The molecule has 0 atom stereocenters. The minimum absolute atomic E-state index is 0.0366. The molecule has 126 valence electrons. The highest BCUT2D eigenvalue weighted by Crippen LogP contribution is 2.18. The monoisotopic (exact) mass is 324 g/mol. The molecule has 2 amide bonds. The smallest absolute Gasteiger partial charge is 0.253 e. The number of carbonyl (C=O) groups is 2. The van der Waals surface area contributed by atoms with E-state index < -0.39 is 0 Å². The third-order valence-electron chi connectivity index (χ3n) is 4.08. The second kappa shape index (κ2) is 8.87. The van der Waals surface area contributed by atoms with Crippen LogP contribution in [-0.2, 0) is 11.3 Å². The van der Waals surface area contributed by atoms with Gasteiger partial charge in [0.15, 0.2) is 0 Å². The Balaban J connectivity index is 2.07. The van der Waals surface area contributed by atoms with Crippen molar-refractivity contribution in [3.05, 3.63) is 65.7 Å². The number of carbonyl (C=O) groups excluding carboxylic acids is 2. The molecule has 0 bridgehead atoms. The average Bonchev–Trinajstić information content (AvgIpc) is 2.62. The van der Waals surface area contributed by atoms with E-state index in [-0.39, 0.29) is 17.7 Å². The fourth-order valence-corrected chi connectivity index (χ4v) is 2.56. The van der Waals surface area contributed by atoms with E-state index in [2.05, 4.69) is 10.6 Å². The van der Waals surface area contributed by atoms with Gasteiger partial charge in [-0.3, -0.25) is 9.59 Å². The van der Waals surface area contributed by atoms with E-state index in [0.29, 0.717) is 17.8 Å². The molecule has 24 heavy (non-hydrogen) atoms. The Morgan fingerprint density at radius 1 is 0.917 bits per heavy atom. The standard InChI is InChI=1S/C20H24N2O2/c1-3-16(4-2)19(23)22-18-13-9-8-12-17(18)20(24)21-14-15-10-6-5-7-11-15/h5-13,16H,3-4,14H2,1-2H3,(H,21,24)(H,22,23). The van der Waals surface area contributed by atoms with Crippen LogP contribution >= 0.6 is 0 Å². The number of rotatable bonds is 7. The average molecular weight is 324 g/mol. The van der Waals surface area contributed by atoms with E-state index in [1.807, 2.05) is 50.2 Å². The first-order chi connectivity index (χ1) is 11.7. The number of hydrogen-bond donors (Lipinski definition) is 2. The molecule has 0 spiro atoms. The van der Waals surface area contributed by atoms with E-state index >= 15 is 0 Å². The lowest BCUT2D eigenvalue weighted by molar-refractivity contribution is -0.120. The highest BCUT2D eigenvalue weighted by molar-refractivity contribution is 6.04. The molecule has 0 unspecified atom stereocenters. The first-order valence-electron chi connectivity index (χ1n) is 8.37. The summed E-state index contributed by atoms with van der Waals surface area (Å²) in [4.78, 5) is 24.8. The lowest BCUT2D eigenvalue weighted by atomic mass is 10.0. The van der Waals surface area contributed by atoms with Gasteiger partial charge in [0.1, 0.15) is 0 Å². The largest absolute Gasteiger partial charge is 0.348 e. The third kappa shape index (κ3) is 4.69. The van der Waals surface area contributed by atoms with Gasteiger partial charge in [-0.05, 0) is 30.5 Å². The van der Waals surface area contributed by atoms with Crippen LogP contribution in [0.3, 0.4) is 0 Å². The minimum Gasteiger partial charge on any atom is -0.348 e. The van der Waals surface area contributed by atoms with Gasteiger partial charge in [-0.25, -0.2) is 0 Å². The van der Waals surface area contributed by atoms with Crippen molar-refractivity contribution in [2.24, 2.45) is 5.92 Å². The Labute approximate surface area is 143 Å².